The van der Waals surface area contributed by atoms with Gasteiger partial charge in [-0.2, -0.15) is 13.2 Å². The molecule has 0 radical (unpaired) electrons. The molecule has 1 fully saturated rings. The number of pyridine rings is 1. The molecule has 1 aliphatic rings. The number of aryl methyl sites for hydroxylation is 1. The first-order valence-corrected chi connectivity index (χ1v) is 11.6. The van der Waals surface area contributed by atoms with Crippen molar-refractivity contribution in [3.8, 4) is 0 Å². The first kappa shape index (κ1) is 24.7. The smallest absolute Gasteiger partial charge is 0.380 e. The highest BCUT2D eigenvalue weighted by Gasteiger charge is 2.56. The van der Waals surface area contributed by atoms with Gasteiger partial charge in [0.2, 0.25) is 0 Å². The second-order valence-corrected chi connectivity index (χ2v) is 10.2. The zero-order chi connectivity index (χ0) is 24.7. The van der Waals surface area contributed by atoms with E-state index >= 15 is 0 Å². The molecule has 1 aliphatic heterocycles. The normalized spacial score (nSPS) is 17.4. The van der Waals surface area contributed by atoms with Crippen LogP contribution in [-0.2, 0) is 18.4 Å². The van der Waals surface area contributed by atoms with Crippen molar-refractivity contribution in [2.75, 3.05) is 13.1 Å². The van der Waals surface area contributed by atoms with E-state index in [1.807, 2.05) is 12.1 Å². The number of hydrogen-bond donors (Lipinski definition) is 2. The number of alkyl halides is 3. The minimum Gasteiger partial charge on any atom is -0.380 e. The van der Waals surface area contributed by atoms with Crippen LogP contribution in [0.2, 0.25) is 0 Å². The maximum absolute atomic E-state index is 14.2. The van der Waals surface area contributed by atoms with Crippen molar-refractivity contribution < 1.29 is 22.7 Å². The predicted molar refractivity (Wildman–Crippen MR) is 124 cm³/mol. The van der Waals surface area contributed by atoms with E-state index in [1.54, 1.807) is 32.9 Å². The zero-order valence-corrected chi connectivity index (χ0v) is 19.8. The molecule has 8 heteroatoms. The summed E-state index contributed by atoms with van der Waals surface area (Å²) in [5.74, 6) is -0.518. The lowest BCUT2D eigenvalue weighted by Gasteiger charge is -2.38. The minimum absolute atomic E-state index is 0.257. The monoisotopic (exact) mass is 477 g/mol. The molecule has 1 atom stereocenters. The maximum atomic E-state index is 14.2. The van der Waals surface area contributed by atoms with E-state index < -0.39 is 35.9 Å². The largest absolute Gasteiger partial charge is 0.417 e. The number of nitrogens with zero attached hydrogens (tertiary/aromatic N) is 2. The molecule has 184 valence electrons. The highest BCUT2D eigenvalue weighted by atomic mass is 19.4. The van der Waals surface area contributed by atoms with E-state index in [2.05, 4.69) is 14.9 Å². The third-order valence-electron chi connectivity index (χ3n) is 6.85. The molecule has 1 saturated heterocycles. The molecule has 2 N–H and O–H groups in total. The summed E-state index contributed by atoms with van der Waals surface area (Å²) >= 11 is 0. The molecule has 3 heterocycles. The van der Waals surface area contributed by atoms with Gasteiger partial charge in [-0.1, -0.05) is 19.9 Å². The number of aromatic nitrogens is 2. The summed E-state index contributed by atoms with van der Waals surface area (Å²) in [7, 11) is 0. The van der Waals surface area contributed by atoms with E-state index in [1.165, 1.54) is 12.1 Å². The van der Waals surface area contributed by atoms with Gasteiger partial charge < -0.3 is 10.1 Å². The quantitative estimate of drug-likeness (QED) is 0.422. The Kier molecular flexibility index (Phi) is 6.50. The molecule has 4 nitrogen and oxygen atoms in total. The Hall–Kier alpha value is -2.45. The number of halogens is 4. The Balaban J connectivity index is 1.60. The number of aromatic amines is 1. The lowest BCUT2D eigenvalue weighted by Crippen LogP contribution is -2.51. The molecule has 1 unspecified atom stereocenters. The molecular formula is C26H31F4N3O. The van der Waals surface area contributed by atoms with Gasteiger partial charge in [0, 0.05) is 18.7 Å². The van der Waals surface area contributed by atoms with E-state index in [4.69, 9.17) is 0 Å². The standard InChI is InChI=1S/C26H31F4N3O/c1-17-6-7-18(27)12-21(17)24(2,3)16-25(34,26(28,29)30)14-20-13-23-22(32-20)9-8-19(31-23)15-33-10-4-5-11-33/h6-9,12-13,32,34H,4-5,10-11,14-16H2,1-3H3. The van der Waals surface area contributed by atoms with Gasteiger partial charge in [0.15, 0.2) is 5.60 Å². The van der Waals surface area contributed by atoms with Gasteiger partial charge in [-0.3, -0.25) is 4.90 Å². The molecule has 0 bridgehead atoms. The van der Waals surface area contributed by atoms with Crippen molar-refractivity contribution in [3.05, 3.63) is 64.7 Å². The van der Waals surface area contributed by atoms with Crippen LogP contribution < -0.4 is 0 Å². The number of rotatable bonds is 7. The van der Waals surface area contributed by atoms with E-state index in [0.29, 0.717) is 28.7 Å². The van der Waals surface area contributed by atoms with Crippen LogP contribution in [0.25, 0.3) is 11.0 Å². The van der Waals surface area contributed by atoms with Crippen molar-refractivity contribution >= 4 is 11.0 Å². The van der Waals surface area contributed by atoms with Crippen molar-refractivity contribution in [2.24, 2.45) is 0 Å². The van der Waals surface area contributed by atoms with Gasteiger partial charge in [-0.15, -0.1) is 0 Å². The summed E-state index contributed by atoms with van der Waals surface area (Å²) in [6.45, 7) is 7.69. The average molecular weight is 478 g/mol. The van der Waals surface area contributed by atoms with Crippen LogP contribution in [0.1, 0.15) is 55.6 Å². The highest BCUT2D eigenvalue weighted by molar-refractivity contribution is 5.76. The Morgan fingerprint density at radius 1 is 1.06 bits per heavy atom. The Labute approximate surface area is 197 Å². The van der Waals surface area contributed by atoms with Crippen LogP contribution in [0, 0.1) is 12.7 Å². The SMILES string of the molecule is Cc1ccc(F)cc1C(C)(C)CC(O)(Cc1cc2nc(CN3CCCC3)ccc2[nH]1)C(F)(F)F. The van der Waals surface area contributed by atoms with Gasteiger partial charge >= 0.3 is 6.18 Å². The number of benzene rings is 1. The fourth-order valence-corrected chi connectivity index (χ4v) is 5.19. The van der Waals surface area contributed by atoms with Crippen LogP contribution in [0.3, 0.4) is 0 Å². The third-order valence-corrected chi connectivity index (χ3v) is 6.85. The fraction of sp³-hybridized carbons (Fsp3) is 0.500. The molecule has 0 aliphatic carbocycles. The summed E-state index contributed by atoms with van der Waals surface area (Å²) < 4.78 is 56.5. The number of H-pyrrole nitrogens is 1. The van der Waals surface area contributed by atoms with Crippen LogP contribution in [0.15, 0.2) is 36.4 Å². The van der Waals surface area contributed by atoms with Crippen molar-refractivity contribution in [2.45, 2.75) is 70.2 Å². The first-order chi connectivity index (χ1) is 15.9. The van der Waals surface area contributed by atoms with E-state index in [-0.39, 0.29) is 5.69 Å². The van der Waals surface area contributed by atoms with E-state index in [9.17, 15) is 22.7 Å². The molecule has 0 saturated carbocycles. The van der Waals surface area contributed by atoms with Gasteiger partial charge in [-0.05, 0) is 86.1 Å². The minimum atomic E-state index is -4.88. The molecule has 0 spiro atoms. The average Bonchev–Trinajstić information content (AvgIpc) is 3.37. The maximum Gasteiger partial charge on any atom is 0.417 e. The lowest BCUT2D eigenvalue weighted by molar-refractivity contribution is -0.266. The van der Waals surface area contributed by atoms with Gasteiger partial charge in [0.05, 0.1) is 16.7 Å². The molecule has 34 heavy (non-hydrogen) atoms. The Morgan fingerprint density at radius 3 is 2.44 bits per heavy atom. The molecule has 3 aromatic rings. The van der Waals surface area contributed by atoms with Crippen LogP contribution >= 0.6 is 0 Å². The molecular weight excluding hydrogens is 446 g/mol. The van der Waals surface area contributed by atoms with Crippen LogP contribution in [-0.4, -0.2) is 44.8 Å². The predicted octanol–water partition coefficient (Wildman–Crippen LogP) is 5.81. The van der Waals surface area contributed by atoms with Gasteiger partial charge in [-0.25, -0.2) is 9.37 Å². The first-order valence-electron chi connectivity index (χ1n) is 11.6. The van der Waals surface area contributed by atoms with Crippen LogP contribution in [0.4, 0.5) is 17.6 Å². The van der Waals surface area contributed by atoms with Crippen molar-refractivity contribution in [3.63, 3.8) is 0 Å². The third kappa shape index (κ3) is 5.13. The van der Waals surface area contributed by atoms with Crippen molar-refractivity contribution in [1.82, 2.24) is 14.9 Å². The number of hydrogen-bond acceptors (Lipinski definition) is 3. The van der Waals surface area contributed by atoms with E-state index in [0.717, 1.165) is 31.6 Å². The highest BCUT2D eigenvalue weighted by Crippen LogP contribution is 2.44. The number of aliphatic hydroxyl groups is 1. The molecule has 1 aromatic carbocycles. The summed E-state index contributed by atoms with van der Waals surface area (Å²) in [6.07, 6.45) is -3.81. The van der Waals surface area contributed by atoms with Crippen LogP contribution in [0.5, 0.6) is 0 Å². The lowest BCUT2D eigenvalue weighted by atomic mass is 9.72. The molecule has 2 aromatic heterocycles. The summed E-state index contributed by atoms with van der Waals surface area (Å²) in [5, 5.41) is 11.0. The number of likely N-dealkylation sites (tertiary alicyclic amines) is 1. The van der Waals surface area contributed by atoms with Gasteiger partial charge in [0.25, 0.3) is 0 Å². The summed E-state index contributed by atoms with van der Waals surface area (Å²) in [6, 6.07) is 9.36. The second-order valence-electron chi connectivity index (χ2n) is 10.2. The second kappa shape index (κ2) is 8.96. The van der Waals surface area contributed by atoms with Gasteiger partial charge in [0.1, 0.15) is 5.82 Å². The number of nitrogens with one attached hydrogen (secondary N) is 1. The molecule has 0 amide bonds. The summed E-state index contributed by atoms with van der Waals surface area (Å²) in [5.41, 5.74) is -0.670. The summed E-state index contributed by atoms with van der Waals surface area (Å²) in [4.78, 5) is 9.92. The molecule has 4 rings (SSSR count). The Bertz CT molecular complexity index is 1160. The zero-order valence-electron chi connectivity index (χ0n) is 19.8. The Morgan fingerprint density at radius 2 is 1.76 bits per heavy atom. The van der Waals surface area contributed by atoms with Crippen molar-refractivity contribution in [1.29, 1.82) is 0 Å². The topological polar surface area (TPSA) is 52.2 Å². The fourth-order valence-electron chi connectivity index (χ4n) is 5.19. The number of fused-ring (bicyclic) bond motifs is 1.